The van der Waals surface area contributed by atoms with E-state index in [1.807, 2.05) is 50.2 Å². The van der Waals surface area contributed by atoms with Gasteiger partial charge in [0.05, 0.1) is 6.61 Å². The van der Waals surface area contributed by atoms with Gasteiger partial charge in [-0.15, -0.1) is 0 Å². The number of carbonyl (C=O) groups excluding carboxylic acids is 1. The van der Waals surface area contributed by atoms with E-state index in [1.165, 1.54) is 0 Å². The minimum absolute atomic E-state index is 0.00511. The van der Waals surface area contributed by atoms with Gasteiger partial charge in [-0.3, -0.25) is 4.79 Å². The highest BCUT2D eigenvalue weighted by Gasteiger charge is 2.14. The molecule has 2 aromatic rings. The van der Waals surface area contributed by atoms with Gasteiger partial charge in [-0.05, 0) is 55.8 Å². The second-order valence-electron chi connectivity index (χ2n) is 4.91. The molecule has 0 saturated carbocycles. The molecule has 0 heterocycles. The van der Waals surface area contributed by atoms with Crippen LogP contribution in [0.2, 0.25) is 5.02 Å². The van der Waals surface area contributed by atoms with Gasteiger partial charge in [-0.2, -0.15) is 0 Å². The maximum atomic E-state index is 12.6. The Bertz CT molecular complexity index is 625. The predicted octanol–water partition coefficient (Wildman–Crippen LogP) is 4.40. The molecule has 2 rings (SSSR count). The molecule has 2 aromatic carbocycles. The smallest absolute Gasteiger partial charge is 0.254 e. The number of ether oxygens (including phenoxy) is 1. The van der Waals surface area contributed by atoms with E-state index >= 15 is 0 Å². The Morgan fingerprint density at radius 2 is 1.86 bits per heavy atom. The first-order valence-corrected chi connectivity index (χ1v) is 7.78. The first kappa shape index (κ1) is 16.4. The molecule has 116 valence electrons. The zero-order valence-corrected chi connectivity index (χ0v) is 13.6. The second-order valence-corrected chi connectivity index (χ2v) is 5.34. The molecule has 0 saturated heterocycles. The summed E-state index contributed by atoms with van der Waals surface area (Å²) in [6.07, 6.45) is 0. The van der Waals surface area contributed by atoms with E-state index in [2.05, 4.69) is 0 Å². The van der Waals surface area contributed by atoms with E-state index in [-0.39, 0.29) is 5.91 Å². The van der Waals surface area contributed by atoms with E-state index < -0.39 is 0 Å². The minimum atomic E-state index is 0.00511. The fraction of sp³-hybridized carbons (Fsp3) is 0.278. The summed E-state index contributed by atoms with van der Waals surface area (Å²) in [5.74, 6) is 0.780. The van der Waals surface area contributed by atoms with Crippen LogP contribution in [-0.2, 0) is 6.54 Å². The Balaban J connectivity index is 2.11. The largest absolute Gasteiger partial charge is 0.494 e. The minimum Gasteiger partial charge on any atom is -0.494 e. The van der Waals surface area contributed by atoms with Crippen molar-refractivity contribution in [2.45, 2.75) is 20.4 Å². The first-order valence-electron chi connectivity index (χ1n) is 7.40. The number of hydrogen-bond donors (Lipinski definition) is 0. The van der Waals surface area contributed by atoms with Crippen LogP contribution < -0.4 is 4.74 Å². The third-order valence-corrected chi connectivity index (χ3v) is 3.58. The lowest BCUT2D eigenvalue weighted by atomic mass is 10.1. The van der Waals surface area contributed by atoms with Crippen LogP contribution in [-0.4, -0.2) is 24.0 Å². The Kier molecular flexibility index (Phi) is 5.84. The fourth-order valence-corrected chi connectivity index (χ4v) is 2.44. The molecule has 0 aromatic heterocycles. The van der Waals surface area contributed by atoms with Crippen molar-refractivity contribution in [3.8, 4) is 5.75 Å². The molecule has 3 nitrogen and oxygen atoms in total. The van der Waals surface area contributed by atoms with Crippen LogP contribution in [0.1, 0.15) is 29.8 Å². The van der Waals surface area contributed by atoms with Crippen LogP contribution in [0.4, 0.5) is 0 Å². The molecule has 0 radical (unpaired) electrons. The summed E-state index contributed by atoms with van der Waals surface area (Å²) < 4.78 is 5.40. The molecule has 0 spiro atoms. The van der Waals surface area contributed by atoms with Crippen molar-refractivity contribution in [2.24, 2.45) is 0 Å². The Morgan fingerprint density at radius 1 is 1.14 bits per heavy atom. The number of amides is 1. The van der Waals surface area contributed by atoms with Crippen LogP contribution in [0.3, 0.4) is 0 Å². The molecule has 0 aliphatic carbocycles. The lowest BCUT2D eigenvalue weighted by Crippen LogP contribution is -2.30. The number of rotatable bonds is 6. The van der Waals surface area contributed by atoms with Gasteiger partial charge < -0.3 is 9.64 Å². The Labute approximate surface area is 136 Å². The van der Waals surface area contributed by atoms with E-state index in [0.29, 0.717) is 30.3 Å². The van der Waals surface area contributed by atoms with Gasteiger partial charge >= 0.3 is 0 Å². The molecule has 0 aliphatic rings. The van der Waals surface area contributed by atoms with Crippen LogP contribution in [0.15, 0.2) is 48.5 Å². The van der Waals surface area contributed by atoms with Gasteiger partial charge in [0.1, 0.15) is 5.75 Å². The summed E-state index contributed by atoms with van der Waals surface area (Å²) in [5.41, 5.74) is 1.68. The van der Waals surface area contributed by atoms with Crippen molar-refractivity contribution in [2.75, 3.05) is 13.2 Å². The van der Waals surface area contributed by atoms with Crippen LogP contribution in [0, 0.1) is 0 Å². The highest BCUT2D eigenvalue weighted by atomic mass is 35.5. The summed E-state index contributed by atoms with van der Waals surface area (Å²) >= 11 is 6.00. The monoisotopic (exact) mass is 317 g/mol. The predicted molar refractivity (Wildman–Crippen MR) is 89.5 cm³/mol. The van der Waals surface area contributed by atoms with Gasteiger partial charge in [-0.1, -0.05) is 23.7 Å². The van der Waals surface area contributed by atoms with E-state index in [9.17, 15) is 4.79 Å². The maximum Gasteiger partial charge on any atom is 0.254 e. The van der Waals surface area contributed by atoms with Gasteiger partial charge in [0, 0.05) is 23.7 Å². The third-order valence-electron chi connectivity index (χ3n) is 3.34. The van der Waals surface area contributed by atoms with Crippen molar-refractivity contribution >= 4 is 17.5 Å². The summed E-state index contributed by atoms with van der Waals surface area (Å²) in [7, 11) is 0. The molecular formula is C18H20ClNO2. The number of nitrogens with zero attached hydrogens (tertiary/aromatic N) is 1. The number of hydrogen-bond acceptors (Lipinski definition) is 2. The van der Waals surface area contributed by atoms with Crippen molar-refractivity contribution in [3.05, 3.63) is 64.7 Å². The van der Waals surface area contributed by atoms with Crippen LogP contribution in [0.25, 0.3) is 0 Å². The highest BCUT2D eigenvalue weighted by Crippen LogP contribution is 2.17. The zero-order chi connectivity index (χ0) is 15.9. The van der Waals surface area contributed by atoms with Crippen molar-refractivity contribution < 1.29 is 9.53 Å². The Morgan fingerprint density at radius 3 is 2.45 bits per heavy atom. The molecule has 0 bridgehead atoms. The van der Waals surface area contributed by atoms with Gasteiger partial charge in [-0.25, -0.2) is 0 Å². The number of carbonyl (C=O) groups is 1. The van der Waals surface area contributed by atoms with Crippen molar-refractivity contribution in [1.82, 2.24) is 4.90 Å². The van der Waals surface area contributed by atoms with Crippen molar-refractivity contribution in [1.29, 1.82) is 0 Å². The molecule has 0 atom stereocenters. The van der Waals surface area contributed by atoms with E-state index in [0.717, 1.165) is 11.3 Å². The average molecular weight is 318 g/mol. The lowest BCUT2D eigenvalue weighted by molar-refractivity contribution is 0.0752. The highest BCUT2D eigenvalue weighted by molar-refractivity contribution is 6.30. The van der Waals surface area contributed by atoms with Crippen LogP contribution >= 0.6 is 11.6 Å². The molecule has 1 amide bonds. The fourth-order valence-electron chi connectivity index (χ4n) is 2.23. The topological polar surface area (TPSA) is 29.5 Å². The van der Waals surface area contributed by atoms with Crippen molar-refractivity contribution in [3.63, 3.8) is 0 Å². The Hall–Kier alpha value is -2.00. The summed E-state index contributed by atoms with van der Waals surface area (Å²) in [6.45, 7) is 5.70. The third kappa shape index (κ3) is 4.25. The molecule has 0 unspecified atom stereocenters. The summed E-state index contributed by atoms with van der Waals surface area (Å²) in [6, 6.07) is 14.8. The molecular weight excluding hydrogens is 298 g/mol. The van der Waals surface area contributed by atoms with Gasteiger partial charge in [0.25, 0.3) is 5.91 Å². The van der Waals surface area contributed by atoms with Crippen LogP contribution in [0.5, 0.6) is 5.75 Å². The zero-order valence-electron chi connectivity index (χ0n) is 12.9. The molecule has 0 N–H and O–H groups in total. The lowest BCUT2D eigenvalue weighted by Gasteiger charge is -2.21. The number of halogens is 1. The molecule has 0 fully saturated rings. The molecule has 0 aliphatic heterocycles. The number of benzene rings is 2. The SMILES string of the molecule is CCOc1ccc(C(=O)N(CC)Cc2cccc(Cl)c2)cc1. The summed E-state index contributed by atoms with van der Waals surface area (Å²) in [5, 5.41) is 0.682. The quantitative estimate of drug-likeness (QED) is 0.790. The summed E-state index contributed by atoms with van der Waals surface area (Å²) in [4.78, 5) is 14.4. The van der Waals surface area contributed by atoms with E-state index in [4.69, 9.17) is 16.3 Å². The van der Waals surface area contributed by atoms with E-state index in [1.54, 1.807) is 17.0 Å². The average Bonchev–Trinajstić information content (AvgIpc) is 2.53. The molecule has 22 heavy (non-hydrogen) atoms. The molecule has 4 heteroatoms. The maximum absolute atomic E-state index is 12.6. The first-order chi connectivity index (χ1) is 10.6. The van der Waals surface area contributed by atoms with Gasteiger partial charge in [0.2, 0.25) is 0 Å². The normalized spacial score (nSPS) is 10.3. The second kappa shape index (κ2) is 7.85. The standard InChI is InChI=1S/C18H20ClNO2/c1-3-20(13-14-6-5-7-16(19)12-14)18(21)15-8-10-17(11-9-15)22-4-2/h5-12H,3-4,13H2,1-2H3. The van der Waals surface area contributed by atoms with Gasteiger partial charge in [0.15, 0.2) is 0 Å².